The average molecular weight is 227 g/mol. The summed E-state index contributed by atoms with van der Waals surface area (Å²) in [5.41, 5.74) is 0. The molecule has 1 aromatic rings. The second-order valence-electron chi connectivity index (χ2n) is 2.71. The number of aliphatic hydroxyl groups excluding tert-OH is 1. The second-order valence-corrected chi connectivity index (χ2v) is 3.83. The van der Waals surface area contributed by atoms with Gasteiger partial charge in [-0.2, -0.15) is 0 Å². The van der Waals surface area contributed by atoms with E-state index in [1.165, 1.54) is 18.0 Å². The molecule has 0 fully saturated rings. The van der Waals surface area contributed by atoms with Crippen molar-refractivity contribution in [2.45, 2.75) is 18.4 Å². The Balaban J connectivity index is 2.52. The average Bonchev–Trinajstić information content (AvgIpc) is 2.28. The fraction of sp³-hybridized carbons (Fsp3) is 0.444. The van der Waals surface area contributed by atoms with Crippen molar-refractivity contribution in [3.63, 3.8) is 0 Å². The van der Waals surface area contributed by atoms with Gasteiger partial charge in [0.15, 0.2) is 5.82 Å². The Kier molecular flexibility index (Phi) is 5.06. The fourth-order valence-corrected chi connectivity index (χ4v) is 1.39. The van der Waals surface area contributed by atoms with Crippen LogP contribution in [0.1, 0.15) is 13.3 Å². The van der Waals surface area contributed by atoms with Crippen LogP contribution < -0.4 is 5.32 Å². The van der Waals surface area contributed by atoms with Gasteiger partial charge in [0.1, 0.15) is 5.03 Å². The van der Waals surface area contributed by atoms with E-state index in [9.17, 15) is 4.79 Å². The smallest absolute Gasteiger partial charge is 0.225 e. The maximum atomic E-state index is 11.0. The first-order valence-corrected chi connectivity index (χ1v) is 5.60. The Hall–Kier alpha value is -1.14. The van der Waals surface area contributed by atoms with Crippen LogP contribution in [0.15, 0.2) is 17.4 Å². The third-order valence-corrected chi connectivity index (χ3v) is 2.45. The van der Waals surface area contributed by atoms with Crippen molar-refractivity contribution in [2.75, 3.05) is 17.7 Å². The van der Waals surface area contributed by atoms with E-state index in [1.54, 1.807) is 13.1 Å². The molecule has 0 aliphatic heterocycles. The van der Waals surface area contributed by atoms with Gasteiger partial charge in [0.25, 0.3) is 0 Å². The van der Waals surface area contributed by atoms with Gasteiger partial charge < -0.3 is 10.4 Å². The van der Waals surface area contributed by atoms with E-state index in [4.69, 9.17) is 5.11 Å². The number of carbonyl (C=O) groups is 1. The molecule has 0 atom stereocenters. The molecule has 1 rings (SSSR count). The molecule has 0 aromatic carbocycles. The van der Waals surface area contributed by atoms with Gasteiger partial charge in [-0.15, -0.1) is 11.8 Å². The number of amides is 1. The number of anilines is 1. The van der Waals surface area contributed by atoms with Gasteiger partial charge in [0.2, 0.25) is 5.91 Å². The van der Waals surface area contributed by atoms with Crippen LogP contribution in [-0.4, -0.2) is 33.3 Å². The maximum absolute atomic E-state index is 11.0. The minimum Gasteiger partial charge on any atom is -0.396 e. The number of rotatable bonds is 5. The Morgan fingerprint density at radius 2 is 2.33 bits per heavy atom. The summed E-state index contributed by atoms with van der Waals surface area (Å²) < 4.78 is 0. The van der Waals surface area contributed by atoms with Crippen LogP contribution in [0.4, 0.5) is 5.82 Å². The SMILES string of the molecule is CCC(=O)Nc1cnc(SCCO)cn1. The lowest BCUT2D eigenvalue weighted by Crippen LogP contribution is -2.10. The largest absolute Gasteiger partial charge is 0.396 e. The van der Waals surface area contributed by atoms with E-state index in [0.29, 0.717) is 18.0 Å². The molecule has 6 heteroatoms. The molecule has 15 heavy (non-hydrogen) atoms. The minimum atomic E-state index is -0.0833. The van der Waals surface area contributed by atoms with Gasteiger partial charge in [0.05, 0.1) is 19.0 Å². The third-order valence-electron chi connectivity index (χ3n) is 1.56. The summed E-state index contributed by atoms with van der Waals surface area (Å²) >= 11 is 1.42. The van der Waals surface area contributed by atoms with Crippen LogP contribution >= 0.6 is 11.8 Å². The second kappa shape index (κ2) is 6.36. The number of hydrogen-bond acceptors (Lipinski definition) is 5. The lowest BCUT2D eigenvalue weighted by molar-refractivity contribution is -0.115. The molecule has 0 aliphatic rings. The van der Waals surface area contributed by atoms with Crippen molar-refractivity contribution < 1.29 is 9.90 Å². The number of nitrogens with one attached hydrogen (secondary N) is 1. The van der Waals surface area contributed by atoms with Gasteiger partial charge >= 0.3 is 0 Å². The Morgan fingerprint density at radius 3 is 2.87 bits per heavy atom. The summed E-state index contributed by atoms with van der Waals surface area (Å²) in [4.78, 5) is 19.1. The molecular weight excluding hydrogens is 214 g/mol. The van der Waals surface area contributed by atoms with Crippen LogP contribution in [0.5, 0.6) is 0 Å². The van der Waals surface area contributed by atoms with Crippen LogP contribution in [0.25, 0.3) is 0 Å². The standard InChI is InChI=1S/C9H13N3O2S/c1-2-8(14)12-7-5-11-9(6-10-7)15-4-3-13/h5-6,13H,2-4H2,1H3,(H,10,12,14). The molecule has 1 aromatic heterocycles. The van der Waals surface area contributed by atoms with Crippen molar-refractivity contribution >= 4 is 23.5 Å². The normalized spacial score (nSPS) is 10.0. The first-order valence-electron chi connectivity index (χ1n) is 4.61. The lowest BCUT2D eigenvalue weighted by Gasteiger charge is -2.02. The Bertz CT molecular complexity index is 316. The molecule has 0 aliphatic carbocycles. The molecule has 1 amide bonds. The zero-order valence-corrected chi connectivity index (χ0v) is 9.25. The van der Waals surface area contributed by atoms with Crippen LogP contribution in [0.2, 0.25) is 0 Å². The highest BCUT2D eigenvalue weighted by molar-refractivity contribution is 7.99. The summed E-state index contributed by atoms with van der Waals surface area (Å²) in [7, 11) is 0. The Labute approximate surface area is 92.3 Å². The topological polar surface area (TPSA) is 75.1 Å². The molecule has 0 radical (unpaired) electrons. The number of hydrogen-bond donors (Lipinski definition) is 2. The molecule has 0 spiro atoms. The van der Waals surface area contributed by atoms with E-state index in [1.807, 2.05) is 0 Å². The molecule has 1 heterocycles. The van der Waals surface area contributed by atoms with Gasteiger partial charge in [-0.1, -0.05) is 6.92 Å². The van der Waals surface area contributed by atoms with E-state index < -0.39 is 0 Å². The summed E-state index contributed by atoms with van der Waals surface area (Å²) in [6.45, 7) is 1.88. The van der Waals surface area contributed by atoms with Crippen LogP contribution in [0.3, 0.4) is 0 Å². The molecule has 82 valence electrons. The molecule has 0 bridgehead atoms. The molecule has 0 unspecified atom stereocenters. The van der Waals surface area contributed by atoms with Crippen molar-refractivity contribution in [1.82, 2.24) is 9.97 Å². The number of aliphatic hydroxyl groups is 1. The summed E-state index contributed by atoms with van der Waals surface area (Å²) in [5.74, 6) is 0.963. The zero-order chi connectivity index (χ0) is 11.1. The van der Waals surface area contributed by atoms with Crippen molar-refractivity contribution in [3.8, 4) is 0 Å². The number of thioether (sulfide) groups is 1. The molecular formula is C9H13N3O2S. The van der Waals surface area contributed by atoms with E-state index >= 15 is 0 Å². The highest BCUT2D eigenvalue weighted by Gasteiger charge is 2.01. The van der Waals surface area contributed by atoms with E-state index in [0.717, 1.165) is 5.03 Å². The van der Waals surface area contributed by atoms with Gasteiger partial charge in [-0.3, -0.25) is 4.79 Å². The predicted molar refractivity (Wildman–Crippen MR) is 58.8 cm³/mol. The number of carbonyl (C=O) groups excluding carboxylic acids is 1. The Morgan fingerprint density at radius 1 is 1.53 bits per heavy atom. The van der Waals surface area contributed by atoms with E-state index in [2.05, 4.69) is 15.3 Å². The predicted octanol–water partition coefficient (Wildman–Crippen LogP) is 0.909. The summed E-state index contributed by atoms with van der Waals surface area (Å²) in [6.07, 6.45) is 3.50. The number of nitrogens with zero attached hydrogens (tertiary/aromatic N) is 2. The van der Waals surface area contributed by atoms with Gasteiger partial charge in [0, 0.05) is 12.2 Å². The molecule has 0 saturated carbocycles. The third kappa shape index (κ3) is 4.26. The fourth-order valence-electron chi connectivity index (χ4n) is 0.837. The van der Waals surface area contributed by atoms with E-state index in [-0.39, 0.29) is 12.5 Å². The maximum Gasteiger partial charge on any atom is 0.225 e. The summed E-state index contributed by atoms with van der Waals surface area (Å²) in [5, 5.41) is 11.9. The first kappa shape index (κ1) is 11.9. The first-order chi connectivity index (χ1) is 7.26. The van der Waals surface area contributed by atoms with Gasteiger partial charge in [-0.05, 0) is 0 Å². The lowest BCUT2D eigenvalue weighted by atomic mass is 10.4. The monoisotopic (exact) mass is 227 g/mol. The van der Waals surface area contributed by atoms with Crippen molar-refractivity contribution in [3.05, 3.63) is 12.4 Å². The van der Waals surface area contributed by atoms with Crippen molar-refractivity contribution in [2.24, 2.45) is 0 Å². The van der Waals surface area contributed by atoms with Crippen LogP contribution in [-0.2, 0) is 4.79 Å². The minimum absolute atomic E-state index is 0.0833. The van der Waals surface area contributed by atoms with Crippen LogP contribution in [0, 0.1) is 0 Å². The zero-order valence-electron chi connectivity index (χ0n) is 8.43. The molecule has 5 nitrogen and oxygen atoms in total. The molecule has 2 N–H and O–H groups in total. The molecule has 0 saturated heterocycles. The van der Waals surface area contributed by atoms with Crippen molar-refractivity contribution in [1.29, 1.82) is 0 Å². The highest BCUT2D eigenvalue weighted by Crippen LogP contribution is 2.13. The summed E-state index contributed by atoms with van der Waals surface area (Å²) in [6, 6.07) is 0. The quantitative estimate of drug-likeness (QED) is 0.731. The van der Waals surface area contributed by atoms with Gasteiger partial charge in [-0.25, -0.2) is 9.97 Å². The number of aromatic nitrogens is 2. The highest BCUT2D eigenvalue weighted by atomic mass is 32.2.